The fraction of sp³-hybridized carbons (Fsp3) is 1.00. The zero-order valence-corrected chi connectivity index (χ0v) is 8.69. The molecule has 2 rings (SSSR count). The average molecular weight is 200 g/mol. The average Bonchev–Trinajstić information content (AvgIpc) is 2.63. The fourth-order valence-corrected chi connectivity index (χ4v) is 2.12. The van der Waals surface area contributed by atoms with E-state index >= 15 is 0 Å². The highest BCUT2D eigenvalue weighted by Crippen LogP contribution is 2.08. The van der Waals surface area contributed by atoms with Gasteiger partial charge in [-0.2, -0.15) is 0 Å². The Morgan fingerprint density at radius 2 is 1.79 bits per heavy atom. The molecule has 0 radical (unpaired) electrons. The molecule has 0 aliphatic carbocycles. The van der Waals surface area contributed by atoms with Gasteiger partial charge in [-0.05, 0) is 6.42 Å². The van der Waals surface area contributed by atoms with Gasteiger partial charge in [-0.15, -0.1) is 0 Å². The molecule has 82 valence electrons. The fourth-order valence-electron chi connectivity index (χ4n) is 2.12. The van der Waals surface area contributed by atoms with Crippen molar-refractivity contribution in [2.75, 3.05) is 52.5 Å². The van der Waals surface area contributed by atoms with E-state index in [9.17, 15) is 5.11 Å². The summed E-state index contributed by atoms with van der Waals surface area (Å²) in [5, 5.41) is 9.36. The second-order valence-corrected chi connectivity index (χ2v) is 4.20. The molecule has 0 bridgehead atoms. The number of β-amino-alcohol motifs (C(OH)–C–C–N with tert-alkyl or cyclic N) is 1. The minimum atomic E-state index is -0.0836. The first-order valence-corrected chi connectivity index (χ1v) is 5.55. The van der Waals surface area contributed by atoms with Crippen LogP contribution in [0.4, 0.5) is 0 Å². The lowest BCUT2D eigenvalue weighted by Gasteiger charge is -2.28. The molecule has 1 N–H and O–H groups in total. The number of ether oxygens (including phenoxy) is 1. The normalized spacial score (nSPS) is 31.1. The van der Waals surface area contributed by atoms with Crippen LogP contribution in [-0.2, 0) is 4.74 Å². The molecule has 0 unspecified atom stereocenters. The summed E-state index contributed by atoms with van der Waals surface area (Å²) in [5.74, 6) is 0. The van der Waals surface area contributed by atoms with Crippen molar-refractivity contribution in [1.29, 1.82) is 0 Å². The van der Waals surface area contributed by atoms with Crippen molar-refractivity contribution < 1.29 is 9.84 Å². The number of morpholine rings is 1. The Bertz CT molecular complexity index is 167. The SMILES string of the molecule is O[C@H]1CCN(CCN2CCOCC2)C1. The van der Waals surface area contributed by atoms with Crippen LogP contribution in [0.5, 0.6) is 0 Å². The van der Waals surface area contributed by atoms with Crippen LogP contribution < -0.4 is 0 Å². The molecule has 0 aromatic rings. The molecule has 1 atom stereocenters. The van der Waals surface area contributed by atoms with Crippen LogP contribution in [0, 0.1) is 0 Å². The molecule has 0 aromatic carbocycles. The van der Waals surface area contributed by atoms with E-state index < -0.39 is 0 Å². The first-order valence-electron chi connectivity index (χ1n) is 5.55. The summed E-state index contributed by atoms with van der Waals surface area (Å²) >= 11 is 0. The highest BCUT2D eigenvalue weighted by Gasteiger charge is 2.20. The van der Waals surface area contributed by atoms with Crippen LogP contribution in [-0.4, -0.2) is 73.5 Å². The second-order valence-electron chi connectivity index (χ2n) is 4.20. The summed E-state index contributed by atoms with van der Waals surface area (Å²) < 4.78 is 5.29. The number of aliphatic hydroxyl groups excluding tert-OH is 1. The van der Waals surface area contributed by atoms with E-state index in [-0.39, 0.29) is 6.10 Å². The number of rotatable bonds is 3. The van der Waals surface area contributed by atoms with E-state index in [2.05, 4.69) is 9.80 Å². The monoisotopic (exact) mass is 200 g/mol. The van der Waals surface area contributed by atoms with Gasteiger partial charge in [-0.25, -0.2) is 0 Å². The van der Waals surface area contributed by atoms with Crippen LogP contribution >= 0.6 is 0 Å². The Morgan fingerprint density at radius 3 is 2.43 bits per heavy atom. The van der Waals surface area contributed by atoms with Crippen LogP contribution in [0.3, 0.4) is 0 Å². The molecule has 2 saturated heterocycles. The highest BCUT2D eigenvalue weighted by atomic mass is 16.5. The molecule has 0 amide bonds. The maximum Gasteiger partial charge on any atom is 0.0679 e. The van der Waals surface area contributed by atoms with Gasteiger partial charge in [0.05, 0.1) is 19.3 Å². The second kappa shape index (κ2) is 5.07. The van der Waals surface area contributed by atoms with Gasteiger partial charge < -0.3 is 9.84 Å². The lowest BCUT2D eigenvalue weighted by molar-refractivity contribution is 0.0338. The molecule has 0 saturated carbocycles. The van der Waals surface area contributed by atoms with Gasteiger partial charge >= 0.3 is 0 Å². The Hall–Kier alpha value is -0.160. The molecular weight excluding hydrogens is 180 g/mol. The minimum absolute atomic E-state index is 0.0836. The van der Waals surface area contributed by atoms with Crippen molar-refractivity contribution in [3.05, 3.63) is 0 Å². The third-order valence-electron chi connectivity index (χ3n) is 3.08. The molecule has 0 aromatic heterocycles. The number of likely N-dealkylation sites (tertiary alicyclic amines) is 1. The van der Waals surface area contributed by atoms with Crippen molar-refractivity contribution in [3.63, 3.8) is 0 Å². The first-order chi connectivity index (χ1) is 6.84. The minimum Gasteiger partial charge on any atom is -0.392 e. The van der Waals surface area contributed by atoms with Gasteiger partial charge in [0, 0.05) is 39.3 Å². The van der Waals surface area contributed by atoms with E-state index in [1.807, 2.05) is 0 Å². The molecule has 4 heteroatoms. The zero-order valence-electron chi connectivity index (χ0n) is 8.69. The number of hydrogen-bond acceptors (Lipinski definition) is 4. The molecule has 2 aliphatic rings. The summed E-state index contributed by atoms with van der Waals surface area (Å²) in [7, 11) is 0. The van der Waals surface area contributed by atoms with Crippen molar-refractivity contribution >= 4 is 0 Å². The Morgan fingerprint density at radius 1 is 1.07 bits per heavy atom. The number of aliphatic hydroxyl groups is 1. The summed E-state index contributed by atoms with van der Waals surface area (Å²) in [6.45, 7) is 8.03. The Labute approximate surface area is 85.4 Å². The van der Waals surface area contributed by atoms with Gasteiger partial charge in [-0.3, -0.25) is 9.80 Å². The maximum absolute atomic E-state index is 9.36. The lowest BCUT2D eigenvalue weighted by Crippen LogP contribution is -2.41. The third-order valence-corrected chi connectivity index (χ3v) is 3.08. The zero-order chi connectivity index (χ0) is 9.80. The quantitative estimate of drug-likeness (QED) is 0.659. The topological polar surface area (TPSA) is 35.9 Å². The van der Waals surface area contributed by atoms with Gasteiger partial charge in [0.2, 0.25) is 0 Å². The van der Waals surface area contributed by atoms with Crippen LogP contribution in [0.2, 0.25) is 0 Å². The Balaban J connectivity index is 1.61. The highest BCUT2D eigenvalue weighted by molar-refractivity contribution is 4.75. The predicted octanol–water partition coefficient (Wildman–Crippen LogP) is -0.615. The van der Waals surface area contributed by atoms with E-state index in [0.29, 0.717) is 0 Å². The molecule has 14 heavy (non-hydrogen) atoms. The van der Waals surface area contributed by atoms with Gasteiger partial charge in [0.1, 0.15) is 0 Å². The molecule has 2 heterocycles. The molecular formula is C10H20N2O2. The van der Waals surface area contributed by atoms with Crippen LogP contribution in [0.1, 0.15) is 6.42 Å². The maximum atomic E-state index is 9.36. The van der Waals surface area contributed by atoms with Gasteiger partial charge in [0.15, 0.2) is 0 Å². The van der Waals surface area contributed by atoms with Crippen LogP contribution in [0.25, 0.3) is 0 Å². The molecule has 0 spiro atoms. The first kappa shape index (κ1) is 10.4. The molecule has 2 aliphatic heterocycles. The van der Waals surface area contributed by atoms with E-state index in [1.54, 1.807) is 0 Å². The van der Waals surface area contributed by atoms with E-state index in [0.717, 1.165) is 58.9 Å². The van der Waals surface area contributed by atoms with Crippen molar-refractivity contribution in [1.82, 2.24) is 9.80 Å². The molecule has 2 fully saturated rings. The number of hydrogen-bond donors (Lipinski definition) is 1. The summed E-state index contributed by atoms with van der Waals surface area (Å²) in [6, 6.07) is 0. The van der Waals surface area contributed by atoms with E-state index in [4.69, 9.17) is 4.74 Å². The standard InChI is InChI=1S/C10H20N2O2/c13-10-1-2-12(9-10)4-3-11-5-7-14-8-6-11/h10,13H,1-9H2/t10-/m0/s1. The summed E-state index contributed by atoms with van der Waals surface area (Å²) in [6.07, 6.45) is 0.864. The Kier molecular flexibility index (Phi) is 3.75. The smallest absolute Gasteiger partial charge is 0.0679 e. The summed E-state index contributed by atoms with van der Waals surface area (Å²) in [5.41, 5.74) is 0. The predicted molar refractivity (Wildman–Crippen MR) is 54.3 cm³/mol. The summed E-state index contributed by atoms with van der Waals surface area (Å²) in [4.78, 5) is 4.79. The lowest BCUT2D eigenvalue weighted by atomic mass is 10.3. The van der Waals surface area contributed by atoms with Crippen molar-refractivity contribution in [2.45, 2.75) is 12.5 Å². The molecule has 4 nitrogen and oxygen atoms in total. The largest absolute Gasteiger partial charge is 0.392 e. The number of nitrogens with zero attached hydrogens (tertiary/aromatic N) is 2. The van der Waals surface area contributed by atoms with Gasteiger partial charge in [0.25, 0.3) is 0 Å². The van der Waals surface area contributed by atoms with Crippen molar-refractivity contribution in [3.8, 4) is 0 Å². The van der Waals surface area contributed by atoms with Crippen LogP contribution in [0.15, 0.2) is 0 Å². The van der Waals surface area contributed by atoms with Crippen molar-refractivity contribution in [2.24, 2.45) is 0 Å². The van der Waals surface area contributed by atoms with E-state index in [1.165, 1.54) is 0 Å². The van der Waals surface area contributed by atoms with Gasteiger partial charge in [-0.1, -0.05) is 0 Å². The third kappa shape index (κ3) is 2.92.